The number of rotatable bonds is 4. The Labute approximate surface area is 384 Å². The number of hydrogen-bond acceptors (Lipinski definition) is 1. The summed E-state index contributed by atoms with van der Waals surface area (Å²) in [6, 6.07) is 42.8. The minimum atomic E-state index is 0. The molecular formula is C53H60Cl2SSiZr-4. The fourth-order valence-corrected chi connectivity index (χ4v) is 8.73. The summed E-state index contributed by atoms with van der Waals surface area (Å²) in [4.78, 5) is 1.33. The van der Waals surface area contributed by atoms with Crippen LogP contribution in [0.4, 0.5) is 0 Å². The van der Waals surface area contributed by atoms with Crippen LogP contribution in [0.1, 0.15) is 84.6 Å². The maximum absolute atomic E-state index is 3.61. The molecule has 0 fully saturated rings. The quantitative estimate of drug-likeness (QED) is 0.125. The van der Waals surface area contributed by atoms with Gasteiger partial charge in [0.1, 0.15) is 0 Å². The standard InChI is InChI=1S/C30H33.C21H19S.2CH3.2ClH.Si.Zr/c1-20-16-24-18-23(21-8-12-25(13-9-21)29(2,3)4)19-28(27(24)17-20)22-10-14-26(15-11-22)30(5,6)7;1-13(2)16-11-19-20(12-16)22-14(3)21(19)18-10-6-8-15-7-4-5-9-17(15)18;;;;;;/h8-19H,1-7H3;4-11,13-14H,1-3H3;2*1H3;2*1H;;/q4*-1;;;;. The summed E-state index contributed by atoms with van der Waals surface area (Å²) in [5.41, 5.74) is 15.1. The van der Waals surface area contributed by atoms with E-state index < -0.39 is 0 Å². The van der Waals surface area contributed by atoms with E-state index in [9.17, 15) is 0 Å². The molecule has 5 heteroatoms. The van der Waals surface area contributed by atoms with E-state index in [2.05, 4.69) is 204 Å². The van der Waals surface area contributed by atoms with E-state index in [0.29, 0.717) is 11.2 Å². The van der Waals surface area contributed by atoms with Gasteiger partial charge in [-0.25, -0.2) is 6.08 Å². The topological polar surface area (TPSA) is 0 Å². The normalized spacial score (nSPS) is 14.3. The first kappa shape index (κ1) is 51.4. The van der Waals surface area contributed by atoms with Gasteiger partial charge in [-0.3, -0.25) is 0 Å². The van der Waals surface area contributed by atoms with E-state index in [4.69, 9.17) is 0 Å². The molecule has 304 valence electrons. The Balaban J connectivity index is 0.000000372. The third-order valence-corrected chi connectivity index (χ3v) is 11.8. The first-order valence-corrected chi connectivity index (χ1v) is 24.2. The van der Waals surface area contributed by atoms with Crippen molar-refractivity contribution in [1.82, 2.24) is 0 Å². The average molecular weight is 919 g/mol. The molecule has 0 saturated heterocycles. The van der Waals surface area contributed by atoms with Crippen LogP contribution in [-0.4, -0.2) is 12.1 Å². The number of hydrogen-bond donors (Lipinski definition) is 0. The van der Waals surface area contributed by atoms with Crippen molar-refractivity contribution >= 4 is 70.6 Å². The molecule has 1 aliphatic heterocycles. The second-order valence-electron chi connectivity index (χ2n) is 17.0. The van der Waals surface area contributed by atoms with Crippen LogP contribution in [0.25, 0.3) is 49.4 Å². The van der Waals surface area contributed by atoms with Gasteiger partial charge in [0, 0.05) is 5.25 Å². The summed E-state index contributed by atoms with van der Waals surface area (Å²) in [5.74, 6) is 0.537. The van der Waals surface area contributed by atoms with Crippen molar-refractivity contribution in [3.8, 4) is 22.3 Å². The van der Waals surface area contributed by atoms with Crippen LogP contribution in [0.15, 0.2) is 137 Å². The fraction of sp³-hybridized carbons (Fsp3) is 0.264. The Morgan fingerprint density at radius 2 is 1.22 bits per heavy atom. The molecule has 0 aromatic heterocycles. The Hall–Kier alpha value is -2.78. The second-order valence-corrected chi connectivity index (χ2v) is 18.4. The Kier molecular flexibility index (Phi) is 18.7. The maximum atomic E-state index is 3.61. The van der Waals surface area contributed by atoms with Crippen LogP contribution in [0, 0.1) is 33.8 Å². The molecule has 0 N–H and O–H groups in total. The zero-order chi connectivity index (χ0) is 38.9. The van der Waals surface area contributed by atoms with Crippen molar-refractivity contribution in [3.63, 3.8) is 0 Å². The third kappa shape index (κ3) is 11.1. The Bertz CT molecular complexity index is 2390. The molecule has 6 aromatic rings. The number of thioether (sulfide) groups is 1. The molecule has 0 bridgehead atoms. The van der Waals surface area contributed by atoms with Gasteiger partial charge in [-0.2, -0.15) is 23.3 Å². The molecule has 1 unspecified atom stereocenters. The van der Waals surface area contributed by atoms with Gasteiger partial charge in [-0.1, -0.05) is 176 Å². The number of fused-ring (bicyclic) bond motifs is 3. The van der Waals surface area contributed by atoms with Gasteiger partial charge in [0.2, 0.25) is 0 Å². The molecular weight excluding hydrogens is 859 g/mol. The van der Waals surface area contributed by atoms with Crippen LogP contribution in [0.3, 0.4) is 0 Å². The van der Waals surface area contributed by atoms with Gasteiger partial charge in [0.25, 0.3) is 0 Å². The summed E-state index contributed by atoms with van der Waals surface area (Å²) in [7, 11) is 0. The predicted molar refractivity (Wildman–Crippen MR) is 263 cm³/mol. The SMILES string of the molecule is CC(C)C1=CC2=C(c3cccc4ccccc34)C(C)SC2=[C-]1.Cc1cc2c(-c3ccc(C(C)(C)C)cc3)cc(-c3ccc(C(C)(C)C)cc3)cc2[cH-]1.Cl.Cl.[CH3-].[CH3-].[Si]=[Zr]. The fourth-order valence-electron chi connectivity index (χ4n) is 7.53. The molecule has 1 aliphatic carbocycles. The van der Waals surface area contributed by atoms with Crippen molar-refractivity contribution < 1.29 is 23.3 Å². The number of aryl methyl sites for hydroxylation is 1. The summed E-state index contributed by atoms with van der Waals surface area (Å²) in [6.45, 7) is 25.6. The van der Waals surface area contributed by atoms with Gasteiger partial charge < -0.3 is 14.9 Å². The average Bonchev–Trinajstić information content (AvgIpc) is 3.83. The Morgan fingerprint density at radius 1 is 0.672 bits per heavy atom. The molecule has 2 radical (unpaired) electrons. The molecule has 1 heterocycles. The van der Waals surface area contributed by atoms with Gasteiger partial charge in [-0.05, 0) is 62.3 Å². The molecule has 2 aliphatic rings. The molecule has 58 heavy (non-hydrogen) atoms. The van der Waals surface area contributed by atoms with Gasteiger partial charge in [0.05, 0.1) is 0 Å². The second kappa shape index (κ2) is 21.1. The zero-order valence-electron chi connectivity index (χ0n) is 36.4. The van der Waals surface area contributed by atoms with E-state index in [1.54, 1.807) is 0 Å². The Morgan fingerprint density at radius 3 is 1.79 bits per heavy atom. The molecule has 0 nitrogen and oxygen atoms in total. The third-order valence-electron chi connectivity index (χ3n) is 10.6. The van der Waals surface area contributed by atoms with Crippen LogP contribution in [-0.2, 0) is 34.2 Å². The number of benzene rings is 5. The molecule has 0 saturated carbocycles. The van der Waals surface area contributed by atoms with Crippen molar-refractivity contribution in [2.24, 2.45) is 5.92 Å². The van der Waals surface area contributed by atoms with Crippen molar-refractivity contribution in [2.45, 2.75) is 85.3 Å². The van der Waals surface area contributed by atoms with Crippen molar-refractivity contribution in [3.05, 3.63) is 181 Å². The van der Waals surface area contributed by atoms with Gasteiger partial charge in [0.15, 0.2) is 0 Å². The van der Waals surface area contributed by atoms with Crippen molar-refractivity contribution in [1.29, 1.82) is 0 Å². The van der Waals surface area contributed by atoms with E-state index in [1.807, 2.05) is 11.8 Å². The predicted octanol–water partition coefficient (Wildman–Crippen LogP) is 16.2. The zero-order valence-corrected chi connectivity index (χ0v) is 42.3. The number of halogens is 2. The molecule has 6 aromatic carbocycles. The first-order chi connectivity index (χ1) is 25.7. The van der Waals surface area contributed by atoms with Crippen LogP contribution >= 0.6 is 36.6 Å². The summed E-state index contributed by atoms with van der Waals surface area (Å²) >= 11 is 3.30. The van der Waals surface area contributed by atoms with Crippen LogP contribution in [0.2, 0.25) is 0 Å². The van der Waals surface area contributed by atoms with E-state index in [-0.39, 0.29) is 50.5 Å². The molecule has 1 atom stereocenters. The van der Waals surface area contributed by atoms with E-state index >= 15 is 0 Å². The van der Waals surface area contributed by atoms with Crippen molar-refractivity contribution in [2.75, 3.05) is 0 Å². The van der Waals surface area contributed by atoms with Gasteiger partial charge in [-0.15, -0.1) is 69.9 Å². The molecule has 0 spiro atoms. The molecule has 8 rings (SSSR count). The van der Waals surface area contributed by atoms with Crippen LogP contribution < -0.4 is 0 Å². The van der Waals surface area contributed by atoms with Crippen LogP contribution in [0.5, 0.6) is 0 Å². The first-order valence-electron chi connectivity index (χ1n) is 19.1. The summed E-state index contributed by atoms with van der Waals surface area (Å²) < 4.78 is 0. The summed E-state index contributed by atoms with van der Waals surface area (Å²) in [6.07, 6.45) is 5.97. The van der Waals surface area contributed by atoms with E-state index in [1.165, 1.54) is 111 Å². The minimum absolute atomic E-state index is 0. The van der Waals surface area contributed by atoms with E-state index in [0.717, 1.165) is 0 Å². The summed E-state index contributed by atoms with van der Waals surface area (Å²) in [5, 5.41) is 5.82. The monoisotopic (exact) mass is 916 g/mol. The number of allylic oxidation sites excluding steroid dienone is 4. The van der Waals surface area contributed by atoms with Gasteiger partial charge >= 0.3 is 30.2 Å². The molecule has 0 amide bonds.